The molecule has 0 saturated heterocycles. The van der Waals surface area contributed by atoms with Gasteiger partial charge in [-0.25, -0.2) is 9.98 Å². The number of halogens is 6. The van der Waals surface area contributed by atoms with Crippen molar-refractivity contribution >= 4 is 17.2 Å². The number of hydrogen-bond donors (Lipinski definition) is 2. The Morgan fingerprint density at radius 2 is 1.59 bits per heavy atom. The molecular formula is C25H17F6N5O. The van der Waals surface area contributed by atoms with E-state index in [1.165, 1.54) is 24.4 Å². The third-order valence-electron chi connectivity index (χ3n) is 5.70. The zero-order valence-electron chi connectivity index (χ0n) is 18.9. The molecule has 12 heteroatoms. The van der Waals surface area contributed by atoms with E-state index in [0.29, 0.717) is 34.9 Å². The van der Waals surface area contributed by atoms with Gasteiger partial charge in [-0.3, -0.25) is 4.98 Å². The lowest BCUT2D eigenvalue weighted by Gasteiger charge is -2.13. The summed E-state index contributed by atoms with van der Waals surface area (Å²) in [5.41, 5.74) is 0.434. The summed E-state index contributed by atoms with van der Waals surface area (Å²) in [4.78, 5) is 14.6. The van der Waals surface area contributed by atoms with Crippen LogP contribution in [0.3, 0.4) is 0 Å². The Hall–Kier alpha value is -4.35. The molecule has 37 heavy (non-hydrogen) atoms. The standard InChI is InChI=1S/C25H17F6N5O/c1-13-18-7-6-16(10-19(18)35-22(13)34-15-4-2-14(3-5-15)24(26,27)28)37-17-8-9-32-20(11-17)23-33-12-21(36-23)25(29,30)31/h2-13H,1H3,(H,33,36)(H,34,35). The van der Waals surface area contributed by atoms with E-state index >= 15 is 0 Å². The van der Waals surface area contributed by atoms with Gasteiger partial charge in [0.2, 0.25) is 0 Å². The zero-order chi connectivity index (χ0) is 26.4. The first-order valence-electron chi connectivity index (χ1n) is 10.9. The van der Waals surface area contributed by atoms with Crippen LogP contribution in [0.5, 0.6) is 11.5 Å². The summed E-state index contributed by atoms with van der Waals surface area (Å²) < 4.78 is 82.9. The molecule has 1 aliphatic rings. The smallest absolute Gasteiger partial charge is 0.432 e. The van der Waals surface area contributed by atoms with Crippen LogP contribution in [0.15, 0.2) is 72.0 Å². The molecule has 0 bridgehead atoms. The molecule has 2 N–H and O–H groups in total. The molecule has 5 rings (SSSR count). The third-order valence-corrected chi connectivity index (χ3v) is 5.70. The van der Waals surface area contributed by atoms with E-state index in [1.54, 1.807) is 18.2 Å². The number of nitrogens with zero attached hydrogens (tertiary/aromatic N) is 3. The number of amidine groups is 1. The Balaban J connectivity index is 1.32. The zero-order valence-corrected chi connectivity index (χ0v) is 18.9. The monoisotopic (exact) mass is 517 g/mol. The van der Waals surface area contributed by atoms with Crippen molar-refractivity contribution in [2.45, 2.75) is 25.2 Å². The average Bonchev–Trinajstić information content (AvgIpc) is 3.45. The second kappa shape index (κ2) is 8.95. The lowest BCUT2D eigenvalue weighted by atomic mass is 10.0. The fourth-order valence-electron chi connectivity index (χ4n) is 3.79. The Kier molecular flexibility index (Phi) is 5.89. The van der Waals surface area contributed by atoms with E-state index in [4.69, 9.17) is 4.74 Å². The number of aromatic nitrogens is 3. The van der Waals surface area contributed by atoms with Gasteiger partial charge < -0.3 is 15.0 Å². The topological polar surface area (TPSA) is 75.2 Å². The Morgan fingerprint density at radius 1 is 0.865 bits per heavy atom. The number of hydrogen-bond acceptors (Lipinski definition) is 5. The average molecular weight is 517 g/mol. The highest BCUT2D eigenvalue weighted by Gasteiger charge is 2.33. The minimum absolute atomic E-state index is 0.0517. The summed E-state index contributed by atoms with van der Waals surface area (Å²) in [7, 11) is 0. The molecule has 0 fully saturated rings. The first-order chi connectivity index (χ1) is 17.5. The molecule has 1 unspecified atom stereocenters. The molecule has 0 aliphatic carbocycles. The fourth-order valence-corrected chi connectivity index (χ4v) is 3.79. The van der Waals surface area contributed by atoms with E-state index in [2.05, 4.69) is 25.3 Å². The highest BCUT2D eigenvalue weighted by atomic mass is 19.4. The van der Waals surface area contributed by atoms with E-state index < -0.39 is 23.6 Å². The first-order valence-corrected chi connectivity index (χ1v) is 10.9. The third kappa shape index (κ3) is 5.13. The maximum absolute atomic E-state index is 12.9. The van der Waals surface area contributed by atoms with E-state index in [0.717, 1.165) is 17.7 Å². The van der Waals surface area contributed by atoms with E-state index in [-0.39, 0.29) is 17.4 Å². The number of pyridine rings is 1. The quantitative estimate of drug-likeness (QED) is 0.274. The minimum Gasteiger partial charge on any atom is -0.457 e. The van der Waals surface area contributed by atoms with Gasteiger partial charge in [-0.2, -0.15) is 26.3 Å². The van der Waals surface area contributed by atoms with Crippen LogP contribution >= 0.6 is 0 Å². The molecule has 0 amide bonds. The number of rotatable bonds is 4. The molecule has 190 valence electrons. The molecule has 0 spiro atoms. The maximum atomic E-state index is 12.9. The van der Waals surface area contributed by atoms with Crippen LogP contribution in [0, 0.1) is 0 Å². The highest BCUT2D eigenvalue weighted by molar-refractivity contribution is 6.05. The second-order valence-corrected chi connectivity index (χ2v) is 8.26. The van der Waals surface area contributed by atoms with Gasteiger partial charge in [0, 0.05) is 29.9 Å². The Morgan fingerprint density at radius 3 is 2.27 bits per heavy atom. The molecule has 6 nitrogen and oxygen atoms in total. The van der Waals surface area contributed by atoms with Gasteiger partial charge in [0.25, 0.3) is 0 Å². The molecule has 2 aromatic carbocycles. The molecule has 3 heterocycles. The molecular weight excluding hydrogens is 500 g/mol. The van der Waals surface area contributed by atoms with E-state index in [1.807, 2.05) is 13.0 Å². The number of ether oxygens (including phenoxy) is 1. The van der Waals surface area contributed by atoms with Crippen molar-refractivity contribution in [3.05, 3.63) is 83.8 Å². The van der Waals surface area contributed by atoms with Crippen molar-refractivity contribution in [1.29, 1.82) is 0 Å². The number of benzene rings is 2. The molecule has 4 aromatic rings. The largest absolute Gasteiger partial charge is 0.457 e. The number of aliphatic imine (C=N–C) groups is 1. The van der Waals surface area contributed by atoms with Gasteiger partial charge in [-0.05, 0) is 42.0 Å². The minimum atomic E-state index is -4.55. The summed E-state index contributed by atoms with van der Waals surface area (Å²) in [6, 6.07) is 12.9. The molecule has 2 aromatic heterocycles. The number of H-pyrrole nitrogens is 1. The van der Waals surface area contributed by atoms with Crippen LogP contribution in [0.25, 0.3) is 11.5 Å². The summed E-state index contributed by atoms with van der Waals surface area (Å²) in [5, 5.41) is 3.07. The van der Waals surface area contributed by atoms with Crippen molar-refractivity contribution in [2.24, 2.45) is 4.99 Å². The predicted octanol–water partition coefficient (Wildman–Crippen LogP) is 7.56. The Bertz CT molecular complexity index is 1470. The van der Waals surface area contributed by atoms with Gasteiger partial charge in [-0.15, -0.1) is 0 Å². The number of imidazole rings is 1. The molecule has 1 atom stereocenters. The highest BCUT2D eigenvalue weighted by Crippen LogP contribution is 2.39. The molecule has 0 radical (unpaired) electrons. The normalized spacial score (nSPS) is 15.3. The molecule has 1 aliphatic heterocycles. The predicted molar refractivity (Wildman–Crippen MR) is 124 cm³/mol. The van der Waals surface area contributed by atoms with Crippen LogP contribution in [-0.2, 0) is 12.4 Å². The van der Waals surface area contributed by atoms with Gasteiger partial charge in [0.05, 0.1) is 17.4 Å². The summed E-state index contributed by atoms with van der Waals surface area (Å²) in [6.07, 6.45) is -6.88. The fraction of sp³-hybridized carbons (Fsp3) is 0.160. The number of nitrogens with one attached hydrogen (secondary N) is 2. The van der Waals surface area contributed by atoms with E-state index in [9.17, 15) is 26.3 Å². The van der Waals surface area contributed by atoms with Crippen LogP contribution in [-0.4, -0.2) is 20.8 Å². The van der Waals surface area contributed by atoms with Crippen LogP contribution in [0.2, 0.25) is 0 Å². The van der Waals surface area contributed by atoms with Crippen LogP contribution < -0.4 is 10.1 Å². The van der Waals surface area contributed by atoms with Crippen molar-refractivity contribution in [3.63, 3.8) is 0 Å². The van der Waals surface area contributed by atoms with Crippen LogP contribution in [0.1, 0.15) is 29.7 Å². The first kappa shape index (κ1) is 24.3. The Labute approximate surface area is 206 Å². The molecule has 0 saturated carbocycles. The number of aromatic amines is 1. The summed E-state index contributed by atoms with van der Waals surface area (Å²) >= 11 is 0. The van der Waals surface area contributed by atoms with Gasteiger partial charge in [0.15, 0.2) is 5.82 Å². The summed E-state index contributed by atoms with van der Waals surface area (Å²) in [6.45, 7) is 1.91. The van der Waals surface area contributed by atoms with Gasteiger partial charge in [0.1, 0.15) is 28.7 Å². The number of fused-ring (bicyclic) bond motifs is 1. The van der Waals surface area contributed by atoms with Crippen molar-refractivity contribution in [1.82, 2.24) is 15.0 Å². The van der Waals surface area contributed by atoms with Gasteiger partial charge >= 0.3 is 12.4 Å². The van der Waals surface area contributed by atoms with Gasteiger partial charge in [-0.1, -0.05) is 13.0 Å². The lowest BCUT2D eigenvalue weighted by molar-refractivity contribution is -0.141. The number of anilines is 1. The lowest BCUT2D eigenvalue weighted by Crippen LogP contribution is -2.15. The van der Waals surface area contributed by atoms with Crippen molar-refractivity contribution in [3.8, 4) is 23.0 Å². The SMILES string of the molecule is CC1C(Nc2ccc(C(F)(F)F)cc2)=Nc2cc(Oc3ccnc(-c4ncc(C(F)(F)F)[nH]4)c3)ccc21. The summed E-state index contributed by atoms with van der Waals surface area (Å²) in [5.74, 6) is 1.13. The van der Waals surface area contributed by atoms with Crippen molar-refractivity contribution < 1.29 is 31.1 Å². The second-order valence-electron chi connectivity index (χ2n) is 8.26. The maximum Gasteiger partial charge on any atom is 0.432 e. The van der Waals surface area contributed by atoms with Crippen molar-refractivity contribution in [2.75, 3.05) is 5.32 Å². The number of alkyl halides is 6. The van der Waals surface area contributed by atoms with Crippen LogP contribution in [0.4, 0.5) is 37.7 Å².